The molecule has 120 valence electrons. The van der Waals surface area contributed by atoms with E-state index in [1.807, 2.05) is 22.9 Å². The Kier molecular flexibility index (Phi) is 4.98. The molecule has 22 heavy (non-hydrogen) atoms. The van der Waals surface area contributed by atoms with Gasteiger partial charge in [-0.25, -0.2) is 9.67 Å². The maximum atomic E-state index is 5.84. The van der Waals surface area contributed by atoms with Crippen molar-refractivity contribution in [2.45, 2.75) is 34.2 Å². The van der Waals surface area contributed by atoms with E-state index in [2.05, 4.69) is 49.7 Å². The Morgan fingerprint density at radius 3 is 2.59 bits per heavy atom. The number of aromatic nitrogens is 3. The molecule has 0 amide bonds. The Bertz CT molecular complexity index is 615. The van der Waals surface area contributed by atoms with E-state index in [0.717, 1.165) is 30.3 Å². The van der Waals surface area contributed by atoms with Crippen LogP contribution in [0.25, 0.3) is 5.82 Å². The largest absolute Gasteiger partial charge is 0.330 e. The zero-order chi connectivity index (χ0) is 16.3. The van der Waals surface area contributed by atoms with E-state index in [1.54, 1.807) is 6.20 Å². The normalized spacial score (nSPS) is 12.1. The van der Waals surface area contributed by atoms with Gasteiger partial charge in [0, 0.05) is 30.5 Å². The number of nitrogens with two attached hydrogens (primary N) is 1. The number of hydrogen-bond acceptors (Lipinski definition) is 4. The first kappa shape index (κ1) is 16.6. The molecule has 2 heterocycles. The predicted octanol–water partition coefficient (Wildman–Crippen LogP) is 2.30. The molecule has 0 aliphatic rings. The molecule has 0 unspecified atom stereocenters. The number of rotatable bonds is 6. The molecule has 0 aliphatic heterocycles. The molecule has 2 N–H and O–H groups in total. The van der Waals surface area contributed by atoms with Gasteiger partial charge in [0.15, 0.2) is 5.82 Å². The second kappa shape index (κ2) is 6.58. The highest BCUT2D eigenvalue weighted by atomic mass is 15.3. The van der Waals surface area contributed by atoms with Crippen molar-refractivity contribution in [3.63, 3.8) is 0 Å². The Balaban J connectivity index is 2.21. The van der Waals surface area contributed by atoms with Crippen molar-refractivity contribution < 1.29 is 0 Å². The van der Waals surface area contributed by atoms with E-state index in [-0.39, 0.29) is 5.41 Å². The van der Waals surface area contributed by atoms with E-state index in [1.165, 1.54) is 5.56 Å². The average Bonchev–Trinajstić information content (AvgIpc) is 2.76. The highest BCUT2D eigenvalue weighted by Crippen LogP contribution is 2.20. The molecule has 5 heteroatoms. The van der Waals surface area contributed by atoms with Crippen molar-refractivity contribution in [1.82, 2.24) is 19.7 Å². The third kappa shape index (κ3) is 3.72. The maximum Gasteiger partial charge on any atom is 0.153 e. The Morgan fingerprint density at radius 2 is 2.00 bits per heavy atom. The van der Waals surface area contributed by atoms with E-state index in [0.29, 0.717) is 6.54 Å². The highest BCUT2D eigenvalue weighted by Gasteiger charge is 2.20. The maximum absolute atomic E-state index is 5.84. The third-order valence-corrected chi connectivity index (χ3v) is 3.99. The summed E-state index contributed by atoms with van der Waals surface area (Å²) in [7, 11) is 2.13. The molecule has 0 aliphatic carbocycles. The molecule has 0 fully saturated rings. The van der Waals surface area contributed by atoms with Crippen LogP contribution in [0, 0.1) is 19.3 Å². The van der Waals surface area contributed by atoms with Crippen molar-refractivity contribution >= 4 is 0 Å². The fraction of sp³-hybridized carbons (Fsp3) is 0.529. The molecular formula is C17H27N5. The fourth-order valence-corrected chi connectivity index (χ4v) is 2.73. The summed E-state index contributed by atoms with van der Waals surface area (Å²) in [6, 6.07) is 5.87. The molecule has 0 bridgehead atoms. The van der Waals surface area contributed by atoms with Gasteiger partial charge in [0.25, 0.3) is 0 Å². The Labute approximate surface area is 133 Å². The Hall–Kier alpha value is -1.72. The van der Waals surface area contributed by atoms with Gasteiger partial charge in [0.1, 0.15) is 0 Å². The SMILES string of the molecule is Cc1nn(-c2ccccn2)c(C)c1CN(C)CC(C)(C)CN. The van der Waals surface area contributed by atoms with Crippen LogP contribution >= 0.6 is 0 Å². The van der Waals surface area contributed by atoms with Crippen molar-refractivity contribution in [3.8, 4) is 5.82 Å². The second-order valence-electron chi connectivity index (χ2n) is 6.79. The van der Waals surface area contributed by atoms with Gasteiger partial charge in [-0.3, -0.25) is 0 Å². The molecule has 0 radical (unpaired) electrons. The molecule has 0 aromatic carbocycles. The quantitative estimate of drug-likeness (QED) is 0.889. The topological polar surface area (TPSA) is 60.0 Å². The average molecular weight is 301 g/mol. The molecule has 2 aromatic rings. The summed E-state index contributed by atoms with van der Waals surface area (Å²) in [5.74, 6) is 0.860. The van der Waals surface area contributed by atoms with Crippen LogP contribution in [0.5, 0.6) is 0 Å². The summed E-state index contributed by atoms with van der Waals surface area (Å²) >= 11 is 0. The number of pyridine rings is 1. The van der Waals surface area contributed by atoms with E-state index >= 15 is 0 Å². The molecule has 0 spiro atoms. The molecule has 0 saturated heterocycles. The number of aryl methyl sites for hydroxylation is 1. The van der Waals surface area contributed by atoms with Crippen LogP contribution in [0.3, 0.4) is 0 Å². The Morgan fingerprint density at radius 1 is 1.27 bits per heavy atom. The van der Waals surface area contributed by atoms with Crippen molar-refractivity contribution in [3.05, 3.63) is 41.3 Å². The minimum absolute atomic E-state index is 0.119. The van der Waals surface area contributed by atoms with Crippen LogP contribution in [0.2, 0.25) is 0 Å². The summed E-state index contributed by atoms with van der Waals surface area (Å²) in [6.07, 6.45) is 1.79. The molecule has 2 aromatic heterocycles. The first-order valence-corrected chi connectivity index (χ1v) is 7.69. The summed E-state index contributed by atoms with van der Waals surface area (Å²) in [5.41, 5.74) is 9.42. The van der Waals surface area contributed by atoms with Crippen LogP contribution in [-0.4, -0.2) is 39.8 Å². The summed E-state index contributed by atoms with van der Waals surface area (Å²) in [6.45, 7) is 11.1. The molecule has 2 rings (SSSR count). The minimum atomic E-state index is 0.119. The standard InChI is InChI=1S/C17H27N5/c1-13-15(10-21(5)12-17(3,4)11-18)14(2)22(20-13)16-8-6-7-9-19-16/h6-9H,10-12,18H2,1-5H3. The minimum Gasteiger partial charge on any atom is -0.330 e. The van der Waals surface area contributed by atoms with E-state index in [4.69, 9.17) is 5.73 Å². The van der Waals surface area contributed by atoms with E-state index < -0.39 is 0 Å². The van der Waals surface area contributed by atoms with Gasteiger partial charge >= 0.3 is 0 Å². The lowest BCUT2D eigenvalue weighted by molar-refractivity contribution is 0.209. The highest BCUT2D eigenvalue weighted by molar-refractivity contribution is 5.32. The summed E-state index contributed by atoms with van der Waals surface area (Å²) < 4.78 is 1.92. The van der Waals surface area contributed by atoms with Crippen LogP contribution < -0.4 is 5.73 Å². The smallest absolute Gasteiger partial charge is 0.153 e. The van der Waals surface area contributed by atoms with Crippen LogP contribution in [0.15, 0.2) is 24.4 Å². The zero-order valence-electron chi connectivity index (χ0n) is 14.3. The third-order valence-electron chi connectivity index (χ3n) is 3.99. The van der Waals surface area contributed by atoms with Gasteiger partial charge in [-0.2, -0.15) is 5.10 Å². The number of nitrogens with zero attached hydrogens (tertiary/aromatic N) is 4. The second-order valence-corrected chi connectivity index (χ2v) is 6.79. The summed E-state index contributed by atoms with van der Waals surface area (Å²) in [5, 5.41) is 4.65. The van der Waals surface area contributed by atoms with Crippen molar-refractivity contribution in [2.24, 2.45) is 11.1 Å². The van der Waals surface area contributed by atoms with Crippen molar-refractivity contribution in [1.29, 1.82) is 0 Å². The van der Waals surface area contributed by atoms with Crippen LogP contribution in [0.1, 0.15) is 30.8 Å². The van der Waals surface area contributed by atoms with Crippen LogP contribution in [-0.2, 0) is 6.54 Å². The lowest BCUT2D eigenvalue weighted by atomic mass is 9.93. The van der Waals surface area contributed by atoms with Crippen molar-refractivity contribution in [2.75, 3.05) is 20.1 Å². The molecule has 5 nitrogen and oxygen atoms in total. The van der Waals surface area contributed by atoms with E-state index in [9.17, 15) is 0 Å². The van der Waals surface area contributed by atoms with Gasteiger partial charge in [-0.15, -0.1) is 0 Å². The van der Waals surface area contributed by atoms with Gasteiger partial charge in [0.05, 0.1) is 5.69 Å². The summed E-state index contributed by atoms with van der Waals surface area (Å²) in [4.78, 5) is 6.70. The predicted molar refractivity (Wildman–Crippen MR) is 90.0 cm³/mol. The molecular weight excluding hydrogens is 274 g/mol. The van der Waals surface area contributed by atoms with Gasteiger partial charge in [-0.1, -0.05) is 19.9 Å². The van der Waals surface area contributed by atoms with Gasteiger partial charge in [0.2, 0.25) is 0 Å². The first-order chi connectivity index (χ1) is 10.3. The lowest BCUT2D eigenvalue weighted by Gasteiger charge is -2.29. The van der Waals surface area contributed by atoms with Gasteiger partial charge < -0.3 is 10.6 Å². The van der Waals surface area contributed by atoms with Gasteiger partial charge in [-0.05, 0) is 45.0 Å². The fourth-order valence-electron chi connectivity index (χ4n) is 2.73. The zero-order valence-corrected chi connectivity index (χ0v) is 14.3. The first-order valence-electron chi connectivity index (χ1n) is 7.69. The van der Waals surface area contributed by atoms with Crippen LogP contribution in [0.4, 0.5) is 0 Å². The lowest BCUT2D eigenvalue weighted by Crippen LogP contribution is -2.36. The number of hydrogen-bond donors (Lipinski definition) is 1. The molecule has 0 atom stereocenters. The monoisotopic (exact) mass is 301 g/mol. The molecule has 0 saturated carbocycles.